The Kier molecular flexibility index (Phi) is 4.47. The number of carboxylic acids is 1. The van der Waals surface area contributed by atoms with E-state index >= 15 is 0 Å². The Balaban J connectivity index is 2.34. The SMILES string of the molecule is COc1cc2cc(C(=O)C[C@H](C)C(=O)O)sc2cc1OC. The van der Waals surface area contributed by atoms with Gasteiger partial charge in [0.1, 0.15) is 0 Å². The zero-order chi connectivity index (χ0) is 15.6. The van der Waals surface area contributed by atoms with E-state index in [1.165, 1.54) is 18.3 Å². The van der Waals surface area contributed by atoms with Crippen LogP contribution < -0.4 is 9.47 Å². The van der Waals surface area contributed by atoms with Crippen LogP contribution in [-0.2, 0) is 4.79 Å². The highest BCUT2D eigenvalue weighted by Crippen LogP contribution is 2.36. The van der Waals surface area contributed by atoms with Crippen molar-refractivity contribution in [1.29, 1.82) is 0 Å². The minimum absolute atomic E-state index is 0.00355. The molecular weight excluding hydrogens is 292 g/mol. The molecule has 0 saturated carbocycles. The van der Waals surface area contributed by atoms with E-state index in [0.717, 1.165) is 10.1 Å². The lowest BCUT2D eigenvalue weighted by Crippen LogP contribution is -2.13. The first-order valence-corrected chi connectivity index (χ1v) is 7.19. The molecule has 0 saturated heterocycles. The molecule has 0 spiro atoms. The number of hydrogen-bond donors (Lipinski definition) is 1. The second-order valence-electron chi connectivity index (χ2n) is 4.72. The number of aliphatic carboxylic acids is 1. The molecular formula is C15H16O5S. The monoisotopic (exact) mass is 308 g/mol. The number of ketones is 1. The van der Waals surface area contributed by atoms with Crippen molar-refractivity contribution in [2.24, 2.45) is 5.92 Å². The maximum atomic E-state index is 12.1. The fourth-order valence-corrected chi connectivity index (χ4v) is 2.99. The molecule has 1 aromatic heterocycles. The van der Waals surface area contributed by atoms with Gasteiger partial charge in [0.25, 0.3) is 0 Å². The lowest BCUT2D eigenvalue weighted by Gasteiger charge is -2.06. The van der Waals surface area contributed by atoms with Gasteiger partial charge in [-0.15, -0.1) is 11.3 Å². The van der Waals surface area contributed by atoms with Gasteiger partial charge >= 0.3 is 5.97 Å². The number of carboxylic acid groups (broad SMARTS) is 1. The number of fused-ring (bicyclic) bond motifs is 1. The van der Waals surface area contributed by atoms with E-state index in [0.29, 0.717) is 16.4 Å². The first-order valence-electron chi connectivity index (χ1n) is 6.37. The van der Waals surface area contributed by atoms with Crippen LogP contribution in [-0.4, -0.2) is 31.1 Å². The predicted molar refractivity (Wildman–Crippen MR) is 80.7 cm³/mol. The van der Waals surface area contributed by atoms with Crippen LogP contribution in [0, 0.1) is 5.92 Å². The molecule has 2 aromatic rings. The van der Waals surface area contributed by atoms with E-state index in [2.05, 4.69) is 0 Å². The third kappa shape index (κ3) is 3.16. The second-order valence-corrected chi connectivity index (χ2v) is 5.81. The number of methoxy groups -OCH3 is 2. The van der Waals surface area contributed by atoms with Gasteiger partial charge in [-0.2, -0.15) is 0 Å². The highest BCUT2D eigenvalue weighted by Gasteiger charge is 2.19. The van der Waals surface area contributed by atoms with Crippen molar-refractivity contribution < 1.29 is 24.2 Å². The van der Waals surface area contributed by atoms with Gasteiger partial charge in [0.2, 0.25) is 0 Å². The van der Waals surface area contributed by atoms with Crippen LogP contribution in [0.25, 0.3) is 10.1 Å². The van der Waals surface area contributed by atoms with Crippen molar-refractivity contribution in [1.82, 2.24) is 0 Å². The molecule has 0 aliphatic carbocycles. The van der Waals surface area contributed by atoms with Gasteiger partial charge < -0.3 is 14.6 Å². The summed E-state index contributed by atoms with van der Waals surface area (Å²) in [5.41, 5.74) is 0. The fraction of sp³-hybridized carbons (Fsp3) is 0.333. The summed E-state index contributed by atoms with van der Waals surface area (Å²) >= 11 is 1.33. The lowest BCUT2D eigenvalue weighted by molar-refractivity contribution is -0.141. The Labute approximate surface area is 126 Å². The highest BCUT2D eigenvalue weighted by molar-refractivity contribution is 7.20. The Morgan fingerprint density at radius 1 is 1.19 bits per heavy atom. The summed E-state index contributed by atoms with van der Waals surface area (Å²) in [6.07, 6.45) is -0.00355. The molecule has 0 aliphatic rings. The zero-order valence-corrected chi connectivity index (χ0v) is 12.8. The summed E-state index contributed by atoms with van der Waals surface area (Å²) in [4.78, 5) is 23.5. The third-order valence-corrected chi connectivity index (χ3v) is 4.35. The molecule has 0 radical (unpaired) electrons. The van der Waals surface area contributed by atoms with Crippen LogP contribution in [0.1, 0.15) is 23.0 Å². The normalized spacial score (nSPS) is 12.1. The van der Waals surface area contributed by atoms with E-state index in [4.69, 9.17) is 14.6 Å². The van der Waals surface area contributed by atoms with Crippen molar-refractivity contribution in [3.05, 3.63) is 23.1 Å². The van der Waals surface area contributed by atoms with Crippen molar-refractivity contribution in [2.75, 3.05) is 14.2 Å². The molecule has 2 rings (SSSR count). The number of benzene rings is 1. The van der Waals surface area contributed by atoms with Crippen LogP contribution in [0.2, 0.25) is 0 Å². The van der Waals surface area contributed by atoms with Crippen molar-refractivity contribution in [3.63, 3.8) is 0 Å². The third-order valence-electron chi connectivity index (χ3n) is 3.21. The number of hydrogen-bond acceptors (Lipinski definition) is 5. The molecule has 0 unspecified atom stereocenters. The summed E-state index contributed by atoms with van der Waals surface area (Å²) in [6, 6.07) is 5.39. The number of rotatable bonds is 6. The Morgan fingerprint density at radius 2 is 1.81 bits per heavy atom. The van der Waals surface area contributed by atoms with E-state index in [1.54, 1.807) is 20.3 Å². The first kappa shape index (κ1) is 15.3. The van der Waals surface area contributed by atoms with E-state index < -0.39 is 11.9 Å². The van der Waals surface area contributed by atoms with Gasteiger partial charge in [0.05, 0.1) is 25.0 Å². The van der Waals surface area contributed by atoms with E-state index in [1.807, 2.05) is 12.1 Å². The summed E-state index contributed by atoms with van der Waals surface area (Å²) < 4.78 is 11.4. The number of carbonyl (C=O) groups is 2. The van der Waals surface area contributed by atoms with Gasteiger partial charge in [-0.1, -0.05) is 6.92 Å². The Hall–Kier alpha value is -2.08. The second kappa shape index (κ2) is 6.13. The summed E-state index contributed by atoms with van der Waals surface area (Å²) in [5.74, 6) is -0.617. The quantitative estimate of drug-likeness (QED) is 0.830. The number of ether oxygens (including phenoxy) is 2. The molecule has 1 N–H and O–H groups in total. The lowest BCUT2D eigenvalue weighted by atomic mass is 10.0. The molecule has 5 nitrogen and oxygen atoms in total. The average Bonchev–Trinajstić information content (AvgIpc) is 2.88. The molecule has 1 heterocycles. The topological polar surface area (TPSA) is 72.8 Å². The molecule has 0 fully saturated rings. The van der Waals surface area contributed by atoms with Gasteiger partial charge in [-0.3, -0.25) is 9.59 Å². The van der Waals surface area contributed by atoms with Gasteiger partial charge in [-0.25, -0.2) is 0 Å². The van der Waals surface area contributed by atoms with Crippen LogP contribution in [0.4, 0.5) is 0 Å². The Morgan fingerprint density at radius 3 is 2.38 bits per heavy atom. The van der Waals surface area contributed by atoms with Crippen molar-refractivity contribution in [2.45, 2.75) is 13.3 Å². The molecule has 6 heteroatoms. The fourth-order valence-electron chi connectivity index (χ4n) is 1.97. The van der Waals surface area contributed by atoms with Crippen LogP contribution >= 0.6 is 11.3 Å². The maximum absolute atomic E-state index is 12.1. The largest absolute Gasteiger partial charge is 0.493 e. The molecule has 112 valence electrons. The van der Waals surface area contributed by atoms with E-state index in [-0.39, 0.29) is 12.2 Å². The molecule has 1 aromatic carbocycles. The van der Waals surface area contributed by atoms with Crippen LogP contribution in [0.3, 0.4) is 0 Å². The van der Waals surface area contributed by atoms with Crippen LogP contribution in [0.15, 0.2) is 18.2 Å². The van der Waals surface area contributed by atoms with Crippen molar-refractivity contribution in [3.8, 4) is 11.5 Å². The van der Waals surface area contributed by atoms with Gasteiger partial charge in [-0.05, 0) is 17.5 Å². The minimum Gasteiger partial charge on any atom is -0.493 e. The summed E-state index contributed by atoms with van der Waals surface area (Å²) in [6.45, 7) is 1.53. The summed E-state index contributed by atoms with van der Waals surface area (Å²) in [7, 11) is 3.11. The molecule has 0 aliphatic heterocycles. The number of Topliss-reactive ketones (excluding diaryl/α,β-unsaturated/α-hetero) is 1. The molecule has 0 amide bonds. The zero-order valence-electron chi connectivity index (χ0n) is 12.0. The van der Waals surface area contributed by atoms with Crippen molar-refractivity contribution >= 4 is 33.2 Å². The minimum atomic E-state index is -0.965. The highest BCUT2D eigenvalue weighted by atomic mass is 32.1. The van der Waals surface area contributed by atoms with Gasteiger partial charge in [0, 0.05) is 17.2 Å². The molecule has 21 heavy (non-hydrogen) atoms. The van der Waals surface area contributed by atoms with E-state index in [9.17, 15) is 9.59 Å². The van der Waals surface area contributed by atoms with Crippen LogP contribution in [0.5, 0.6) is 11.5 Å². The Bertz CT molecular complexity index is 648. The van der Waals surface area contributed by atoms with Gasteiger partial charge in [0.15, 0.2) is 17.3 Å². The predicted octanol–water partition coefficient (Wildman–Crippen LogP) is 3.21. The average molecular weight is 308 g/mol. The molecule has 1 atom stereocenters. The smallest absolute Gasteiger partial charge is 0.306 e. The standard InChI is InChI=1S/C15H16O5S/c1-8(15(17)18)4-10(16)14-6-9-5-11(19-2)12(20-3)7-13(9)21-14/h5-8H,4H2,1-3H3,(H,17,18)/t8-/m0/s1. The summed E-state index contributed by atoms with van der Waals surface area (Å²) in [5, 5.41) is 9.75. The molecule has 0 bridgehead atoms. The number of carbonyl (C=O) groups excluding carboxylic acids is 1. The first-order chi connectivity index (χ1) is 9.96. The number of thiophene rings is 1. The maximum Gasteiger partial charge on any atom is 0.306 e.